The third kappa shape index (κ3) is 6.97. The molecule has 0 aliphatic heterocycles. The fourth-order valence-corrected chi connectivity index (χ4v) is 3.39. The Morgan fingerprint density at radius 3 is 2.34 bits per heavy atom. The highest BCUT2D eigenvalue weighted by molar-refractivity contribution is 8.00. The minimum absolute atomic E-state index is 0.0238. The van der Waals surface area contributed by atoms with Gasteiger partial charge in [0.1, 0.15) is 0 Å². The number of carbonyl (C=O) groups is 2. The molecule has 2 aromatic carbocycles. The number of benzene rings is 2. The van der Waals surface area contributed by atoms with Crippen LogP contribution in [0.1, 0.15) is 32.3 Å². The molecule has 0 radical (unpaired) electrons. The van der Waals surface area contributed by atoms with E-state index in [9.17, 15) is 22.8 Å². The van der Waals surface area contributed by atoms with Crippen LogP contribution in [0.4, 0.5) is 24.5 Å². The Balaban J connectivity index is 2.00. The monoisotopic (exact) mass is 444 g/mol. The predicted octanol–water partition coefficient (Wildman–Crippen LogP) is 6.22. The molecule has 0 saturated heterocycles. The average Bonchev–Trinajstić information content (AvgIpc) is 2.64. The van der Waals surface area contributed by atoms with Crippen molar-refractivity contribution in [2.75, 3.05) is 10.6 Å². The minimum atomic E-state index is -4.53. The van der Waals surface area contributed by atoms with Crippen LogP contribution in [0.15, 0.2) is 47.4 Å². The van der Waals surface area contributed by atoms with Crippen molar-refractivity contribution >= 4 is 46.6 Å². The van der Waals surface area contributed by atoms with Crippen LogP contribution in [0.3, 0.4) is 0 Å². The number of amides is 2. The summed E-state index contributed by atoms with van der Waals surface area (Å²) >= 11 is 7.15. The molecule has 1 unspecified atom stereocenters. The van der Waals surface area contributed by atoms with Crippen molar-refractivity contribution in [3.63, 3.8) is 0 Å². The number of halogens is 4. The first kappa shape index (κ1) is 23.1. The SMILES string of the molecule is CCCC(=O)Nc1ccc(SC(C)C(=O)Nc2cc(C(F)(F)F)ccc2Cl)cc1. The molecule has 0 bridgehead atoms. The van der Waals surface area contributed by atoms with Gasteiger partial charge in [-0.15, -0.1) is 11.8 Å². The first-order valence-electron chi connectivity index (χ1n) is 8.84. The van der Waals surface area contributed by atoms with Crippen LogP contribution in [-0.4, -0.2) is 17.1 Å². The summed E-state index contributed by atoms with van der Waals surface area (Å²) < 4.78 is 38.6. The zero-order valence-electron chi connectivity index (χ0n) is 15.8. The van der Waals surface area contributed by atoms with Gasteiger partial charge in [0.05, 0.1) is 21.5 Å². The first-order chi connectivity index (χ1) is 13.6. The summed E-state index contributed by atoms with van der Waals surface area (Å²) in [6.07, 6.45) is -3.34. The molecule has 0 heterocycles. The second kappa shape index (κ2) is 10.0. The van der Waals surface area contributed by atoms with E-state index in [4.69, 9.17) is 11.6 Å². The summed E-state index contributed by atoms with van der Waals surface area (Å²) in [5.74, 6) is -0.546. The van der Waals surface area contributed by atoms with Crippen molar-refractivity contribution in [3.05, 3.63) is 53.1 Å². The molecule has 2 aromatic rings. The van der Waals surface area contributed by atoms with Crippen molar-refractivity contribution in [1.82, 2.24) is 0 Å². The van der Waals surface area contributed by atoms with Crippen LogP contribution in [-0.2, 0) is 15.8 Å². The maximum atomic E-state index is 12.9. The summed E-state index contributed by atoms with van der Waals surface area (Å²) in [7, 11) is 0. The zero-order chi connectivity index (χ0) is 21.6. The van der Waals surface area contributed by atoms with Crippen LogP contribution in [0.25, 0.3) is 0 Å². The highest BCUT2D eigenvalue weighted by atomic mass is 35.5. The summed E-state index contributed by atoms with van der Waals surface area (Å²) in [6, 6.07) is 9.74. The van der Waals surface area contributed by atoms with Crippen molar-refractivity contribution in [1.29, 1.82) is 0 Å². The van der Waals surface area contributed by atoms with Crippen LogP contribution < -0.4 is 10.6 Å². The smallest absolute Gasteiger partial charge is 0.326 e. The van der Waals surface area contributed by atoms with Gasteiger partial charge in [-0.1, -0.05) is 18.5 Å². The van der Waals surface area contributed by atoms with Gasteiger partial charge in [0.25, 0.3) is 0 Å². The Labute approximate surface area is 176 Å². The number of thioether (sulfide) groups is 1. The van der Waals surface area contributed by atoms with Gasteiger partial charge in [0.15, 0.2) is 0 Å². The summed E-state index contributed by atoms with van der Waals surface area (Å²) in [4.78, 5) is 24.8. The quantitative estimate of drug-likeness (QED) is 0.498. The molecule has 9 heteroatoms. The fraction of sp³-hybridized carbons (Fsp3) is 0.300. The molecule has 0 saturated carbocycles. The van der Waals surface area contributed by atoms with Crippen molar-refractivity contribution < 1.29 is 22.8 Å². The van der Waals surface area contributed by atoms with E-state index in [0.717, 1.165) is 29.5 Å². The molecule has 0 aliphatic carbocycles. The Bertz CT molecular complexity index is 873. The van der Waals surface area contributed by atoms with Gasteiger partial charge in [-0.3, -0.25) is 9.59 Å². The number of hydrogen-bond acceptors (Lipinski definition) is 3. The molecule has 4 nitrogen and oxygen atoms in total. The van der Waals surface area contributed by atoms with E-state index in [0.29, 0.717) is 12.1 Å². The average molecular weight is 445 g/mol. The fourth-order valence-electron chi connectivity index (χ4n) is 2.36. The lowest BCUT2D eigenvalue weighted by molar-refractivity contribution is -0.137. The lowest BCUT2D eigenvalue weighted by Crippen LogP contribution is -2.22. The molecule has 2 amide bonds. The summed E-state index contributed by atoms with van der Waals surface area (Å²) in [5.41, 5.74) is -0.327. The number of rotatable bonds is 7. The van der Waals surface area contributed by atoms with Crippen LogP contribution in [0.2, 0.25) is 5.02 Å². The van der Waals surface area contributed by atoms with Crippen LogP contribution in [0.5, 0.6) is 0 Å². The van der Waals surface area contributed by atoms with E-state index in [1.54, 1.807) is 31.2 Å². The molecule has 0 aromatic heterocycles. The Morgan fingerprint density at radius 1 is 1.10 bits per heavy atom. The van der Waals surface area contributed by atoms with Gasteiger partial charge in [-0.25, -0.2) is 0 Å². The minimum Gasteiger partial charge on any atom is -0.326 e. The van der Waals surface area contributed by atoms with E-state index >= 15 is 0 Å². The van der Waals surface area contributed by atoms with Crippen molar-refractivity contribution in [3.8, 4) is 0 Å². The highest BCUT2D eigenvalue weighted by Gasteiger charge is 2.31. The molecule has 1 atom stereocenters. The topological polar surface area (TPSA) is 58.2 Å². The van der Waals surface area contributed by atoms with Crippen LogP contribution in [0, 0.1) is 0 Å². The van der Waals surface area contributed by atoms with Gasteiger partial charge in [0, 0.05) is 17.0 Å². The number of nitrogens with one attached hydrogen (secondary N) is 2. The summed E-state index contributed by atoms with van der Waals surface area (Å²) in [6.45, 7) is 3.55. The van der Waals surface area contributed by atoms with E-state index in [1.807, 2.05) is 6.92 Å². The predicted molar refractivity (Wildman–Crippen MR) is 110 cm³/mol. The largest absolute Gasteiger partial charge is 0.416 e. The van der Waals surface area contributed by atoms with E-state index in [1.165, 1.54) is 11.8 Å². The molecule has 29 heavy (non-hydrogen) atoms. The third-order valence-corrected chi connectivity index (χ3v) is 5.29. The number of hydrogen-bond donors (Lipinski definition) is 2. The molecule has 0 spiro atoms. The zero-order valence-corrected chi connectivity index (χ0v) is 17.3. The van der Waals surface area contributed by atoms with Crippen molar-refractivity contribution in [2.45, 2.75) is 43.0 Å². The van der Waals surface area contributed by atoms with Crippen LogP contribution >= 0.6 is 23.4 Å². The molecular formula is C20H20ClF3N2O2S. The normalized spacial score (nSPS) is 12.3. The second-order valence-corrected chi connectivity index (χ2v) is 8.09. The molecule has 2 rings (SSSR count). The number of alkyl halides is 3. The Hall–Kier alpha value is -2.19. The van der Waals surface area contributed by atoms with Gasteiger partial charge < -0.3 is 10.6 Å². The maximum absolute atomic E-state index is 12.9. The summed E-state index contributed by atoms with van der Waals surface area (Å²) in [5, 5.41) is 4.66. The lowest BCUT2D eigenvalue weighted by Gasteiger charge is -2.15. The van der Waals surface area contributed by atoms with Gasteiger partial charge in [-0.05, 0) is 55.8 Å². The molecule has 0 fully saturated rings. The first-order valence-corrected chi connectivity index (χ1v) is 10.1. The van der Waals surface area contributed by atoms with E-state index in [2.05, 4.69) is 10.6 Å². The van der Waals surface area contributed by atoms with E-state index < -0.39 is 22.9 Å². The Kier molecular flexibility index (Phi) is 7.98. The maximum Gasteiger partial charge on any atom is 0.416 e. The lowest BCUT2D eigenvalue weighted by atomic mass is 10.2. The van der Waals surface area contributed by atoms with Crippen molar-refractivity contribution in [2.24, 2.45) is 0 Å². The molecule has 156 valence electrons. The molecular weight excluding hydrogens is 425 g/mol. The number of carbonyl (C=O) groups excluding carboxylic acids is 2. The molecule has 2 N–H and O–H groups in total. The molecule has 0 aliphatic rings. The second-order valence-electron chi connectivity index (χ2n) is 6.26. The Morgan fingerprint density at radius 2 is 1.76 bits per heavy atom. The van der Waals surface area contributed by atoms with Gasteiger partial charge in [-0.2, -0.15) is 13.2 Å². The highest BCUT2D eigenvalue weighted by Crippen LogP contribution is 2.34. The number of anilines is 2. The van der Waals surface area contributed by atoms with Gasteiger partial charge >= 0.3 is 6.18 Å². The van der Waals surface area contributed by atoms with E-state index in [-0.39, 0.29) is 16.6 Å². The van der Waals surface area contributed by atoms with Gasteiger partial charge in [0.2, 0.25) is 11.8 Å². The third-order valence-electron chi connectivity index (χ3n) is 3.85. The standard InChI is InChI=1S/C20H20ClF3N2O2S/c1-3-4-18(27)25-14-6-8-15(9-7-14)29-12(2)19(28)26-17-11-13(20(22,23)24)5-10-16(17)21/h5-12H,3-4H2,1-2H3,(H,25,27)(H,26,28).